The van der Waals surface area contributed by atoms with Crippen LogP contribution in [0, 0.1) is 6.92 Å². The van der Waals surface area contributed by atoms with E-state index in [1.54, 1.807) is 10.6 Å². The first-order valence-electron chi connectivity index (χ1n) is 4.07. The summed E-state index contributed by atoms with van der Waals surface area (Å²) in [5, 5.41) is 0.335. The second-order valence-electron chi connectivity index (χ2n) is 3.31. The molecule has 0 amide bonds. The molecule has 0 aromatic carbocycles. The largest absolute Gasteiger partial charge is 0.311 e. The normalized spacial score (nSPS) is 16.5. The van der Waals surface area contributed by atoms with Gasteiger partial charge in [-0.15, -0.1) is 0 Å². The molecule has 2 rings (SSSR count). The van der Waals surface area contributed by atoms with Crippen LogP contribution in [0.15, 0.2) is 17.1 Å². The average molecular weight is 184 g/mol. The van der Waals surface area contributed by atoms with E-state index < -0.39 is 0 Å². The summed E-state index contributed by atoms with van der Waals surface area (Å²) in [6.07, 6.45) is 4.10. The lowest BCUT2D eigenvalue weighted by molar-refractivity contribution is 0.703. The lowest BCUT2D eigenvalue weighted by Crippen LogP contribution is -2.18. The summed E-state index contributed by atoms with van der Waals surface area (Å²) >= 11 is 5.76. The molecule has 1 aliphatic rings. The van der Waals surface area contributed by atoms with Gasteiger partial charge in [0.25, 0.3) is 5.56 Å². The second kappa shape index (κ2) is 2.63. The van der Waals surface area contributed by atoms with Gasteiger partial charge in [-0.3, -0.25) is 4.79 Å². The Kier molecular flexibility index (Phi) is 1.72. The van der Waals surface area contributed by atoms with Gasteiger partial charge in [0.05, 0.1) is 0 Å². The van der Waals surface area contributed by atoms with E-state index in [-0.39, 0.29) is 5.56 Å². The second-order valence-corrected chi connectivity index (χ2v) is 3.72. The zero-order valence-corrected chi connectivity index (χ0v) is 7.64. The summed E-state index contributed by atoms with van der Waals surface area (Å²) in [4.78, 5) is 11.4. The predicted octanol–water partition coefficient (Wildman–Crippen LogP) is 2.15. The molecule has 1 heterocycles. The zero-order valence-electron chi connectivity index (χ0n) is 6.88. The highest BCUT2D eigenvalue weighted by atomic mass is 35.5. The first-order chi connectivity index (χ1) is 5.68. The lowest BCUT2D eigenvalue weighted by atomic mass is 10.3. The quantitative estimate of drug-likeness (QED) is 0.654. The maximum absolute atomic E-state index is 11.4. The van der Waals surface area contributed by atoms with Gasteiger partial charge in [0.2, 0.25) is 0 Å². The minimum Gasteiger partial charge on any atom is -0.311 e. The fraction of sp³-hybridized carbons (Fsp3) is 0.444. The molecule has 1 aliphatic carbocycles. The molecule has 2 nitrogen and oxygen atoms in total. The van der Waals surface area contributed by atoms with E-state index in [1.807, 2.05) is 13.1 Å². The molecule has 0 N–H and O–H groups in total. The number of hydrogen-bond acceptors (Lipinski definition) is 1. The van der Waals surface area contributed by atoms with Crippen molar-refractivity contribution in [2.75, 3.05) is 0 Å². The van der Waals surface area contributed by atoms with Gasteiger partial charge in [-0.2, -0.15) is 0 Å². The molecule has 0 radical (unpaired) electrons. The van der Waals surface area contributed by atoms with Gasteiger partial charge in [-0.05, 0) is 31.4 Å². The molecule has 0 saturated heterocycles. The number of rotatable bonds is 1. The van der Waals surface area contributed by atoms with Crippen molar-refractivity contribution in [1.82, 2.24) is 4.57 Å². The number of pyridine rings is 1. The minimum atomic E-state index is -0.0511. The third kappa shape index (κ3) is 1.27. The Balaban J connectivity index is 2.58. The summed E-state index contributed by atoms with van der Waals surface area (Å²) in [5.41, 5.74) is 0.997. The van der Waals surface area contributed by atoms with Crippen LogP contribution in [0.25, 0.3) is 0 Å². The highest BCUT2D eigenvalue weighted by Crippen LogP contribution is 2.33. The maximum Gasteiger partial charge on any atom is 0.269 e. The SMILES string of the molecule is Cc1cc(Cl)c(=O)n(C2CC2)c1. The van der Waals surface area contributed by atoms with Crippen LogP contribution in [-0.2, 0) is 0 Å². The first kappa shape index (κ1) is 7.87. The van der Waals surface area contributed by atoms with E-state index in [1.165, 1.54) is 0 Å². The van der Waals surface area contributed by atoms with E-state index in [0.717, 1.165) is 18.4 Å². The average Bonchev–Trinajstić information content (AvgIpc) is 2.79. The van der Waals surface area contributed by atoms with Crippen molar-refractivity contribution in [2.24, 2.45) is 0 Å². The van der Waals surface area contributed by atoms with Crippen LogP contribution in [0.4, 0.5) is 0 Å². The molecular weight excluding hydrogens is 174 g/mol. The number of hydrogen-bond donors (Lipinski definition) is 0. The summed E-state index contributed by atoms with van der Waals surface area (Å²) in [7, 11) is 0. The van der Waals surface area contributed by atoms with Crippen molar-refractivity contribution >= 4 is 11.6 Å². The lowest BCUT2D eigenvalue weighted by Gasteiger charge is -2.04. The monoisotopic (exact) mass is 183 g/mol. The van der Waals surface area contributed by atoms with E-state index in [9.17, 15) is 4.79 Å². The van der Waals surface area contributed by atoms with Crippen LogP contribution in [0.1, 0.15) is 24.4 Å². The zero-order chi connectivity index (χ0) is 8.72. The van der Waals surface area contributed by atoms with Gasteiger partial charge in [0, 0.05) is 12.2 Å². The van der Waals surface area contributed by atoms with Gasteiger partial charge < -0.3 is 4.57 Å². The fourth-order valence-electron chi connectivity index (χ4n) is 1.32. The molecule has 12 heavy (non-hydrogen) atoms. The third-order valence-corrected chi connectivity index (χ3v) is 2.35. The van der Waals surface area contributed by atoms with Gasteiger partial charge in [0.15, 0.2) is 0 Å². The van der Waals surface area contributed by atoms with Crippen molar-refractivity contribution in [3.63, 3.8) is 0 Å². The van der Waals surface area contributed by atoms with Crippen LogP contribution in [0.2, 0.25) is 5.02 Å². The Morgan fingerprint density at radius 3 is 2.83 bits per heavy atom. The van der Waals surface area contributed by atoms with Crippen molar-refractivity contribution in [2.45, 2.75) is 25.8 Å². The smallest absolute Gasteiger partial charge is 0.269 e. The Morgan fingerprint density at radius 1 is 1.58 bits per heavy atom. The van der Waals surface area contributed by atoms with Crippen LogP contribution in [0.3, 0.4) is 0 Å². The van der Waals surface area contributed by atoms with Crippen LogP contribution in [0.5, 0.6) is 0 Å². The van der Waals surface area contributed by atoms with E-state index in [0.29, 0.717) is 11.1 Å². The topological polar surface area (TPSA) is 22.0 Å². The summed E-state index contributed by atoms with van der Waals surface area (Å²) < 4.78 is 1.75. The first-order valence-corrected chi connectivity index (χ1v) is 4.44. The predicted molar refractivity (Wildman–Crippen MR) is 48.7 cm³/mol. The molecule has 1 fully saturated rings. The maximum atomic E-state index is 11.4. The summed E-state index contributed by atoms with van der Waals surface area (Å²) in [6, 6.07) is 2.12. The molecule has 1 aromatic rings. The minimum absolute atomic E-state index is 0.0511. The van der Waals surface area contributed by atoms with E-state index in [4.69, 9.17) is 11.6 Å². The van der Waals surface area contributed by atoms with Crippen molar-refractivity contribution < 1.29 is 0 Å². The number of aryl methyl sites for hydroxylation is 1. The molecule has 0 aliphatic heterocycles. The molecule has 0 atom stereocenters. The highest BCUT2D eigenvalue weighted by Gasteiger charge is 2.24. The molecule has 1 saturated carbocycles. The Labute approximate surface area is 75.8 Å². The van der Waals surface area contributed by atoms with Crippen molar-refractivity contribution in [3.05, 3.63) is 33.2 Å². The van der Waals surface area contributed by atoms with Gasteiger partial charge in [0.1, 0.15) is 5.02 Å². The van der Waals surface area contributed by atoms with Gasteiger partial charge in [-0.25, -0.2) is 0 Å². The molecule has 64 valence electrons. The van der Waals surface area contributed by atoms with Crippen LogP contribution >= 0.6 is 11.6 Å². The molecule has 0 spiro atoms. The van der Waals surface area contributed by atoms with Crippen molar-refractivity contribution in [3.8, 4) is 0 Å². The van der Waals surface area contributed by atoms with Gasteiger partial charge >= 0.3 is 0 Å². The molecular formula is C9H10ClNO. The number of nitrogens with zero attached hydrogens (tertiary/aromatic N) is 1. The fourth-order valence-corrected chi connectivity index (χ4v) is 1.59. The Hall–Kier alpha value is -0.760. The number of aromatic nitrogens is 1. The summed E-state index contributed by atoms with van der Waals surface area (Å²) in [5.74, 6) is 0. The molecule has 0 unspecified atom stereocenters. The van der Waals surface area contributed by atoms with Crippen LogP contribution in [-0.4, -0.2) is 4.57 Å². The molecule has 1 aromatic heterocycles. The highest BCUT2D eigenvalue weighted by molar-refractivity contribution is 6.30. The summed E-state index contributed by atoms with van der Waals surface area (Å²) in [6.45, 7) is 1.95. The van der Waals surface area contributed by atoms with Gasteiger partial charge in [-0.1, -0.05) is 11.6 Å². The van der Waals surface area contributed by atoms with E-state index in [2.05, 4.69) is 0 Å². The Bertz CT molecular complexity index is 365. The third-order valence-electron chi connectivity index (χ3n) is 2.08. The Morgan fingerprint density at radius 2 is 2.25 bits per heavy atom. The van der Waals surface area contributed by atoms with Crippen molar-refractivity contribution in [1.29, 1.82) is 0 Å². The molecule has 0 bridgehead atoms. The number of halogens is 1. The standard InChI is InChI=1S/C9H10ClNO/c1-6-4-8(10)9(12)11(5-6)7-2-3-7/h4-5,7H,2-3H2,1H3. The van der Waals surface area contributed by atoms with E-state index >= 15 is 0 Å². The van der Waals surface area contributed by atoms with Crippen LogP contribution < -0.4 is 5.56 Å². The molecule has 3 heteroatoms.